The highest BCUT2D eigenvalue weighted by molar-refractivity contribution is 6.04. The lowest BCUT2D eigenvalue weighted by atomic mass is 9.97. The Kier molecular flexibility index (Phi) is 4.29. The van der Waals surface area contributed by atoms with Gasteiger partial charge in [0.1, 0.15) is 11.5 Å². The molecule has 2 aliphatic rings. The van der Waals surface area contributed by atoms with Crippen molar-refractivity contribution in [2.24, 2.45) is 5.16 Å². The van der Waals surface area contributed by atoms with Gasteiger partial charge in [-0.15, -0.1) is 0 Å². The Balaban J connectivity index is 1.64. The van der Waals surface area contributed by atoms with Crippen LogP contribution in [0.25, 0.3) is 28.0 Å². The van der Waals surface area contributed by atoms with Gasteiger partial charge in [-0.25, -0.2) is 0 Å². The molecule has 2 N–H and O–H groups in total. The summed E-state index contributed by atoms with van der Waals surface area (Å²) in [5.41, 5.74) is 7.49. The molecule has 5 nitrogen and oxygen atoms in total. The molecule has 0 atom stereocenters. The van der Waals surface area contributed by atoms with Crippen molar-refractivity contribution in [1.29, 1.82) is 0 Å². The number of nitrogens with one attached hydrogen (secondary N) is 1. The molecule has 1 aliphatic heterocycles. The Morgan fingerprint density at radius 1 is 0.964 bits per heavy atom. The quantitative estimate of drug-likeness (QED) is 0.525. The van der Waals surface area contributed by atoms with Gasteiger partial charge in [0, 0.05) is 35.6 Å². The first kappa shape index (κ1) is 17.0. The fraction of sp³-hybridized carbons (Fsp3) is 0.217. The molecule has 3 aromatic rings. The van der Waals surface area contributed by atoms with Crippen molar-refractivity contribution in [3.63, 3.8) is 0 Å². The minimum absolute atomic E-state index is 0.767. The van der Waals surface area contributed by atoms with Gasteiger partial charge in [-0.05, 0) is 60.7 Å². The molecule has 0 radical (unpaired) electrons. The summed E-state index contributed by atoms with van der Waals surface area (Å²) in [5.74, 6) is 1.80. The molecule has 28 heavy (non-hydrogen) atoms. The molecule has 0 saturated heterocycles. The van der Waals surface area contributed by atoms with Gasteiger partial charge in [0.2, 0.25) is 0 Å². The van der Waals surface area contributed by atoms with Gasteiger partial charge in [-0.3, -0.25) is 4.98 Å². The average molecular weight is 371 g/mol. The fourth-order valence-corrected chi connectivity index (χ4v) is 4.07. The number of oxime groups is 1. The average Bonchev–Trinajstić information content (AvgIpc) is 3.39. The number of hydrogen-bond donors (Lipinski definition) is 2. The predicted molar refractivity (Wildman–Crippen MR) is 109 cm³/mol. The number of rotatable bonds is 3. The van der Waals surface area contributed by atoms with E-state index in [-0.39, 0.29) is 0 Å². The highest BCUT2D eigenvalue weighted by atomic mass is 16.4. The summed E-state index contributed by atoms with van der Waals surface area (Å²) in [6.07, 6.45) is 8.42. The van der Waals surface area contributed by atoms with E-state index in [1.165, 1.54) is 11.1 Å². The third kappa shape index (κ3) is 2.94. The minimum atomic E-state index is 0.767. The standard InChI is InChI=1S/C23H21N3O2/c27-26-21-4-2-17-13-18(1-3-19(17)21)20-14-22(15-5-9-24-10-6-15)28-23(20)16-7-11-25-12-8-16/h1,3,5,7-8,11-14,24,27H,2,4,6,9-10H2/b26-21+. The lowest BCUT2D eigenvalue weighted by Gasteiger charge is -2.11. The number of benzene rings is 1. The largest absolute Gasteiger partial charge is 0.456 e. The van der Waals surface area contributed by atoms with Crippen LogP contribution in [0.1, 0.15) is 29.7 Å². The van der Waals surface area contributed by atoms with Gasteiger partial charge in [0.25, 0.3) is 0 Å². The van der Waals surface area contributed by atoms with Crippen LogP contribution < -0.4 is 5.32 Å². The van der Waals surface area contributed by atoms with Crippen molar-refractivity contribution in [3.8, 4) is 22.5 Å². The van der Waals surface area contributed by atoms with Gasteiger partial charge in [0.15, 0.2) is 0 Å². The van der Waals surface area contributed by atoms with E-state index >= 15 is 0 Å². The molecule has 3 heterocycles. The lowest BCUT2D eigenvalue weighted by molar-refractivity contribution is 0.318. The van der Waals surface area contributed by atoms with Crippen LogP contribution in [0, 0.1) is 0 Å². The number of aryl methyl sites for hydroxylation is 1. The summed E-state index contributed by atoms with van der Waals surface area (Å²) in [7, 11) is 0. The van der Waals surface area contributed by atoms with Crippen molar-refractivity contribution in [3.05, 3.63) is 71.8 Å². The maximum Gasteiger partial charge on any atom is 0.142 e. The number of furan rings is 1. The van der Waals surface area contributed by atoms with E-state index in [9.17, 15) is 5.21 Å². The predicted octanol–water partition coefficient (Wildman–Crippen LogP) is 4.51. The van der Waals surface area contributed by atoms with Crippen LogP contribution in [0.3, 0.4) is 0 Å². The summed E-state index contributed by atoms with van der Waals surface area (Å²) in [4.78, 5) is 4.14. The van der Waals surface area contributed by atoms with Crippen LogP contribution in [0.4, 0.5) is 0 Å². The van der Waals surface area contributed by atoms with Crippen LogP contribution in [-0.2, 0) is 6.42 Å². The molecule has 1 aliphatic carbocycles. The first-order chi connectivity index (χ1) is 13.8. The van der Waals surface area contributed by atoms with E-state index in [4.69, 9.17) is 4.42 Å². The van der Waals surface area contributed by atoms with Gasteiger partial charge in [-0.2, -0.15) is 0 Å². The highest BCUT2D eigenvalue weighted by Crippen LogP contribution is 2.39. The van der Waals surface area contributed by atoms with Crippen LogP contribution >= 0.6 is 0 Å². The van der Waals surface area contributed by atoms with E-state index in [2.05, 4.69) is 45.8 Å². The van der Waals surface area contributed by atoms with Gasteiger partial charge < -0.3 is 14.9 Å². The lowest BCUT2D eigenvalue weighted by Crippen LogP contribution is -2.19. The van der Waals surface area contributed by atoms with E-state index in [0.29, 0.717) is 0 Å². The zero-order valence-electron chi connectivity index (χ0n) is 15.5. The number of nitrogens with zero attached hydrogens (tertiary/aromatic N) is 2. The number of aromatic nitrogens is 1. The van der Waals surface area contributed by atoms with Crippen LogP contribution in [0.15, 0.2) is 64.4 Å². The summed E-state index contributed by atoms with van der Waals surface area (Å²) in [5, 5.41) is 16.0. The zero-order valence-corrected chi connectivity index (χ0v) is 15.5. The topological polar surface area (TPSA) is 70.7 Å². The molecule has 5 heteroatoms. The second kappa shape index (κ2) is 7.09. The molecule has 0 saturated carbocycles. The van der Waals surface area contributed by atoms with Gasteiger partial charge in [0.05, 0.1) is 5.71 Å². The SMILES string of the molecule is O/N=C1\CCc2cc(-c3cc(C4=CCNCC4)oc3-c3ccncc3)ccc21. The zero-order chi connectivity index (χ0) is 18.9. The molecular weight excluding hydrogens is 350 g/mol. The van der Waals surface area contributed by atoms with Crippen molar-refractivity contribution in [2.75, 3.05) is 13.1 Å². The smallest absolute Gasteiger partial charge is 0.142 e. The Morgan fingerprint density at radius 2 is 1.86 bits per heavy atom. The molecule has 5 rings (SSSR count). The molecule has 0 spiro atoms. The summed E-state index contributed by atoms with van der Waals surface area (Å²) in [6, 6.07) is 12.5. The molecular formula is C23H21N3O2. The normalized spacial score (nSPS) is 17.6. The summed E-state index contributed by atoms with van der Waals surface area (Å²) < 4.78 is 6.37. The molecule has 1 aromatic carbocycles. The maximum absolute atomic E-state index is 9.20. The summed E-state index contributed by atoms with van der Waals surface area (Å²) in [6.45, 7) is 1.84. The first-order valence-corrected chi connectivity index (χ1v) is 9.62. The second-order valence-corrected chi connectivity index (χ2v) is 7.19. The van der Waals surface area contributed by atoms with E-state index < -0.39 is 0 Å². The van der Waals surface area contributed by atoms with Crippen molar-refractivity contribution >= 4 is 11.3 Å². The Labute approximate surface area is 163 Å². The highest BCUT2D eigenvalue weighted by Gasteiger charge is 2.22. The van der Waals surface area contributed by atoms with E-state index in [1.54, 1.807) is 12.4 Å². The van der Waals surface area contributed by atoms with Crippen molar-refractivity contribution in [1.82, 2.24) is 10.3 Å². The number of hydrogen-bond acceptors (Lipinski definition) is 5. The Hall–Kier alpha value is -3.18. The van der Waals surface area contributed by atoms with Gasteiger partial charge in [-0.1, -0.05) is 29.4 Å². The maximum atomic E-state index is 9.20. The molecule has 0 amide bonds. The van der Waals surface area contributed by atoms with Crippen molar-refractivity contribution in [2.45, 2.75) is 19.3 Å². The van der Waals surface area contributed by atoms with Crippen LogP contribution in [-0.4, -0.2) is 29.0 Å². The van der Waals surface area contributed by atoms with Crippen LogP contribution in [0.5, 0.6) is 0 Å². The molecule has 0 bridgehead atoms. The minimum Gasteiger partial charge on any atom is -0.456 e. The molecule has 0 fully saturated rings. The first-order valence-electron chi connectivity index (χ1n) is 9.62. The third-order valence-corrected chi connectivity index (χ3v) is 5.53. The third-order valence-electron chi connectivity index (χ3n) is 5.53. The summed E-state index contributed by atoms with van der Waals surface area (Å²) >= 11 is 0. The van der Waals surface area contributed by atoms with E-state index in [1.807, 2.05) is 12.1 Å². The molecule has 0 unspecified atom stereocenters. The monoisotopic (exact) mass is 371 g/mol. The van der Waals surface area contributed by atoms with E-state index in [0.717, 1.165) is 71.8 Å². The second-order valence-electron chi connectivity index (χ2n) is 7.19. The molecule has 2 aromatic heterocycles. The number of fused-ring (bicyclic) bond motifs is 1. The fourth-order valence-electron chi connectivity index (χ4n) is 4.07. The Bertz CT molecular complexity index is 1080. The number of pyridine rings is 1. The Morgan fingerprint density at radius 3 is 2.64 bits per heavy atom. The van der Waals surface area contributed by atoms with Crippen LogP contribution in [0.2, 0.25) is 0 Å². The van der Waals surface area contributed by atoms with Crippen molar-refractivity contribution < 1.29 is 9.62 Å². The van der Waals surface area contributed by atoms with Gasteiger partial charge >= 0.3 is 0 Å². The molecule has 140 valence electrons.